The summed E-state index contributed by atoms with van der Waals surface area (Å²) in [6.45, 7) is 10.7. The third kappa shape index (κ3) is 4.41. The van der Waals surface area contributed by atoms with E-state index in [0.717, 1.165) is 50.5 Å². The molecule has 9 nitrogen and oxygen atoms in total. The summed E-state index contributed by atoms with van der Waals surface area (Å²) in [7, 11) is 2.16. The number of dihydropyridines is 1. The van der Waals surface area contributed by atoms with Gasteiger partial charge < -0.3 is 20.4 Å². The van der Waals surface area contributed by atoms with Gasteiger partial charge in [0.1, 0.15) is 11.2 Å². The van der Waals surface area contributed by atoms with Gasteiger partial charge in [0, 0.05) is 43.8 Å². The second-order valence-electron chi connectivity index (χ2n) is 10.5. The first-order chi connectivity index (χ1) is 18.6. The number of nitrogens with one attached hydrogen (secondary N) is 2. The van der Waals surface area contributed by atoms with Crippen molar-refractivity contribution in [3.05, 3.63) is 71.2 Å². The Bertz CT molecular complexity index is 1460. The van der Waals surface area contributed by atoms with E-state index >= 15 is 0 Å². The van der Waals surface area contributed by atoms with Crippen LogP contribution in [0.25, 0.3) is 16.9 Å². The van der Waals surface area contributed by atoms with Crippen LogP contribution in [0.4, 0.5) is 17.3 Å². The molecule has 3 aliphatic rings. The average Bonchev–Trinajstić information content (AvgIpc) is 3.47. The molecule has 38 heavy (non-hydrogen) atoms. The second-order valence-corrected chi connectivity index (χ2v) is 10.5. The highest BCUT2D eigenvalue weighted by Gasteiger charge is 2.33. The highest BCUT2D eigenvalue weighted by Crippen LogP contribution is 2.36. The van der Waals surface area contributed by atoms with Gasteiger partial charge in [-0.1, -0.05) is 25.5 Å². The highest BCUT2D eigenvalue weighted by atomic mass is 16.1. The molecule has 1 saturated carbocycles. The Morgan fingerprint density at radius 3 is 2.68 bits per heavy atom. The summed E-state index contributed by atoms with van der Waals surface area (Å²) in [5.74, 6) is 1.90. The molecule has 3 aromatic rings. The summed E-state index contributed by atoms with van der Waals surface area (Å²) < 4.78 is 3.57. The minimum atomic E-state index is -0.126. The highest BCUT2D eigenvalue weighted by molar-refractivity contribution is 5.79. The minimum absolute atomic E-state index is 0.126. The largest absolute Gasteiger partial charge is 0.369 e. The quantitative estimate of drug-likeness (QED) is 0.466. The molecule has 0 radical (unpaired) electrons. The van der Waals surface area contributed by atoms with Gasteiger partial charge in [0.15, 0.2) is 5.65 Å². The third-order valence-corrected chi connectivity index (χ3v) is 8.16. The molecule has 2 aromatic heterocycles. The van der Waals surface area contributed by atoms with Crippen LogP contribution in [-0.2, 0) is 6.54 Å². The van der Waals surface area contributed by atoms with Crippen molar-refractivity contribution in [3.8, 4) is 0 Å². The van der Waals surface area contributed by atoms with E-state index in [0.29, 0.717) is 35.5 Å². The fourth-order valence-corrected chi connectivity index (χ4v) is 5.91. The van der Waals surface area contributed by atoms with E-state index in [4.69, 9.17) is 4.98 Å². The number of hydrogen-bond donors (Lipinski definition) is 2. The molecule has 198 valence electrons. The molecule has 2 fully saturated rings. The first-order valence-electron chi connectivity index (χ1n) is 13.6. The fraction of sp³-hybridized carbons (Fsp3) is 0.414. The van der Waals surface area contributed by atoms with Gasteiger partial charge in [0.2, 0.25) is 5.95 Å². The Balaban J connectivity index is 1.31. The van der Waals surface area contributed by atoms with Crippen molar-refractivity contribution >= 4 is 34.2 Å². The van der Waals surface area contributed by atoms with Crippen LogP contribution in [0, 0.1) is 5.92 Å². The van der Waals surface area contributed by atoms with Gasteiger partial charge in [-0.15, -0.1) is 6.58 Å². The Kier molecular flexibility index (Phi) is 6.53. The SMILES string of the molecule is C=CCn1c(=O)c2cnc(Nc3ccc(N4CCN(C)CC4)cc3)nc2n1C1=CC=C2CCC(CC)C2N1. The van der Waals surface area contributed by atoms with E-state index < -0.39 is 0 Å². The van der Waals surface area contributed by atoms with Crippen LogP contribution in [0.2, 0.25) is 0 Å². The molecule has 2 atom stereocenters. The fourth-order valence-electron chi connectivity index (χ4n) is 5.91. The van der Waals surface area contributed by atoms with Gasteiger partial charge in [0.25, 0.3) is 5.56 Å². The number of anilines is 3. The second kappa shape index (κ2) is 10.1. The molecule has 2 N–H and O–H groups in total. The lowest BCUT2D eigenvalue weighted by molar-refractivity contribution is 0.313. The number of benzene rings is 1. The van der Waals surface area contributed by atoms with Crippen molar-refractivity contribution < 1.29 is 0 Å². The third-order valence-electron chi connectivity index (χ3n) is 8.16. The van der Waals surface area contributed by atoms with Crippen molar-refractivity contribution in [2.24, 2.45) is 5.92 Å². The molecular weight excluding hydrogens is 476 g/mol. The first kappa shape index (κ1) is 24.5. The first-order valence-corrected chi connectivity index (χ1v) is 13.6. The molecule has 2 unspecified atom stereocenters. The lowest BCUT2D eigenvalue weighted by atomic mass is 9.97. The van der Waals surface area contributed by atoms with Crippen molar-refractivity contribution in [2.45, 2.75) is 38.8 Å². The maximum absolute atomic E-state index is 13.3. The number of nitrogens with zero attached hydrogens (tertiary/aromatic N) is 6. The molecule has 0 bridgehead atoms. The van der Waals surface area contributed by atoms with E-state index in [9.17, 15) is 4.79 Å². The molecule has 1 aromatic carbocycles. The van der Waals surface area contributed by atoms with Crippen molar-refractivity contribution in [2.75, 3.05) is 43.4 Å². The summed E-state index contributed by atoms with van der Waals surface area (Å²) >= 11 is 0. The molecule has 6 rings (SSSR count). The average molecular weight is 513 g/mol. The zero-order valence-electron chi connectivity index (χ0n) is 22.2. The smallest absolute Gasteiger partial charge is 0.278 e. The summed E-state index contributed by atoms with van der Waals surface area (Å²) in [6.07, 6.45) is 11.1. The maximum atomic E-state index is 13.3. The van der Waals surface area contributed by atoms with Gasteiger partial charge in [0.05, 0.1) is 12.6 Å². The van der Waals surface area contributed by atoms with Crippen LogP contribution in [0.1, 0.15) is 26.2 Å². The number of likely N-dealkylation sites (N-methyl/N-ethyl adjacent to an activating group) is 1. The van der Waals surface area contributed by atoms with Crippen LogP contribution in [0.3, 0.4) is 0 Å². The minimum Gasteiger partial charge on any atom is -0.369 e. The van der Waals surface area contributed by atoms with Crippen molar-refractivity contribution in [1.29, 1.82) is 0 Å². The summed E-state index contributed by atoms with van der Waals surface area (Å²) in [6, 6.07) is 8.67. The topological polar surface area (TPSA) is 83.2 Å². The van der Waals surface area contributed by atoms with Crippen LogP contribution in [0.5, 0.6) is 0 Å². The van der Waals surface area contributed by atoms with Gasteiger partial charge in [-0.2, -0.15) is 4.98 Å². The zero-order valence-corrected chi connectivity index (χ0v) is 22.2. The Hall–Kier alpha value is -3.85. The van der Waals surface area contributed by atoms with Crippen LogP contribution in [-0.4, -0.2) is 63.5 Å². The predicted octanol–water partition coefficient (Wildman–Crippen LogP) is 3.79. The molecule has 9 heteroatoms. The normalized spacial score (nSPS) is 21.6. The number of allylic oxidation sites excluding steroid dienone is 3. The van der Waals surface area contributed by atoms with Crippen molar-refractivity contribution in [1.82, 2.24) is 29.5 Å². The molecule has 4 heterocycles. The number of piperazine rings is 1. The number of fused-ring (bicyclic) bond motifs is 2. The van der Waals surface area contributed by atoms with Crippen LogP contribution < -0.4 is 21.1 Å². The van der Waals surface area contributed by atoms with Gasteiger partial charge in [-0.25, -0.2) is 14.3 Å². The molecular formula is C29H36N8O. The van der Waals surface area contributed by atoms with E-state index in [1.54, 1.807) is 17.0 Å². The maximum Gasteiger partial charge on any atom is 0.278 e. The van der Waals surface area contributed by atoms with Crippen molar-refractivity contribution in [3.63, 3.8) is 0 Å². The van der Waals surface area contributed by atoms with Gasteiger partial charge in [-0.05, 0) is 61.7 Å². The zero-order chi connectivity index (χ0) is 26.2. The molecule has 0 spiro atoms. The van der Waals surface area contributed by atoms with Gasteiger partial charge in [-0.3, -0.25) is 4.79 Å². The molecule has 2 aliphatic heterocycles. The molecule has 1 saturated heterocycles. The Morgan fingerprint density at radius 1 is 1.16 bits per heavy atom. The van der Waals surface area contributed by atoms with E-state index in [1.165, 1.54) is 17.7 Å². The summed E-state index contributed by atoms with van der Waals surface area (Å²) in [5.41, 5.74) is 4.01. The monoisotopic (exact) mass is 512 g/mol. The summed E-state index contributed by atoms with van der Waals surface area (Å²) in [5, 5.41) is 7.54. The molecule has 0 amide bonds. The van der Waals surface area contributed by atoms with E-state index in [2.05, 4.69) is 82.4 Å². The number of hydrogen-bond acceptors (Lipinski definition) is 7. The Labute approximate surface area is 223 Å². The van der Waals surface area contributed by atoms with Crippen LogP contribution in [0.15, 0.2) is 65.6 Å². The molecule has 1 aliphatic carbocycles. The van der Waals surface area contributed by atoms with Gasteiger partial charge >= 0.3 is 0 Å². The predicted molar refractivity (Wildman–Crippen MR) is 154 cm³/mol. The van der Waals surface area contributed by atoms with E-state index in [1.807, 2.05) is 4.68 Å². The van der Waals surface area contributed by atoms with Crippen LogP contribution >= 0.6 is 0 Å². The number of aromatic nitrogens is 4. The Morgan fingerprint density at radius 2 is 1.95 bits per heavy atom. The lowest BCUT2D eigenvalue weighted by Gasteiger charge is -2.34. The standard InChI is InChI=1S/C29H36N8O/c1-4-14-36-28(38)24-19-30-29(31-22-9-11-23(12-10-22)35-17-15-34(3)16-18-35)33-27(24)37(36)25-13-8-21-7-6-20(5-2)26(21)32-25/h4,8-13,19-20,26,32H,1,5-7,14-18H2,2-3H3,(H,30,31,33). The number of rotatable bonds is 7. The lowest BCUT2D eigenvalue weighted by Crippen LogP contribution is -2.44. The van der Waals surface area contributed by atoms with E-state index in [-0.39, 0.29) is 5.56 Å². The summed E-state index contributed by atoms with van der Waals surface area (Å²) in [4.78, 5) is 27.4.